The molecule has 2 heterocycles. The van der Waals surface area contributed by atoms with E-state index in [1.54, 1.807) is 28.4 Å². The van der Waals surface area contributed by atoms with E-state index in [0.29, 0.717) is 49.2 Å². The Balaban J connectivity index is 1.83. The molecule has 0 radical (unpaired) electrons. The smallest absolute Gasteiger partial charge is 0.242 e. The minimum Gasteiger partial charge on any atom is -0.382 e. The SMILES string of the molecule is CCCCC(=O)N(CCCOCC)CC(=O)N1CCc2sccc2C1c1ccc(Cl)cc1Cl. The summed E-state index contributed by atoms with van der Waals surface area (Å²) in [4.78, 5) is 31.3. The van der Waals surface area contributed by atoms with Crippen LogP contribution in [-0.4, -0.2) is 54.5 Å². The van der Waals surface area contributed by atoms with Gasteiger partial charge in [-0.15, -0.1) is 11.3 Å². The van der Waals surface area contributed by atoms with Crippen molar-refractivity contribution < 1.29 is 14.3 Å². The lowest BCUT2D eigenvalue weighted by Gasteiger charge is -2.38. The molecule has 0 spiro atoms. The Hall–Kier alpha value is -1.60. The summed E-state index contributed by atoms with van der Waals surface area (Å²) >= 11 is 14.4. The molecule has 8 heteroatoms. The lowest BCUT2D eigenvalue weighted by atomic mass is 9.93. The highest BCUT2D eigenvalue weighted by molar-refractivity contribution is 7.10. The van der Waals surface area contributed by atoms with Gasteiger partial charge in [0.25, 0.3) is 0 Å². The summed E-state index contributed by atoms with van der Waals surface area (Å²) in [6.07, 6.45) is 3.73. The molecule has 3 rings (SSSR count). The largest absolute Gasteiger partial charge is 0.382 e. The predicted octanol–water partition coefficient (Wildman–Crippen LogP) is 5.97. The molecule has 0 fully saturated rings. The second-order valence-electron chi connectivity index (χ2n) is 8.17. The molecule has 180 valence electrons. The second kappa shape index (κ2) is 12.7. The van der Waals surface area contributed by atoms with Crippen LogP contribution in [0.2, 0.25) is 10.0 Å². The number of ether oxygens (including phenoxy) is 1. The van der Waals surface area contributed by atoms with Crippen LogP contribution in [-0.2, 0) is 20.7 Å². The topological polar surface area (TPSA) is 49.9 Å². The summed E-state index contributed by atoms with van der Waals surface area (Å²) in [5.41, 5.74) is 1.96. The molecule has 1 aromatic carbocycles. The molecule has 0 N–H and O–H groups in total. The van der Waals surface area contributed by atoms with Gasteiger partial charge in [-0.25, -0.2) is 0 Å². The Bertz CT molecular complexity index is 949. The number of carbonyl (C=O) groups excluding carboxylic acids is 2. The zero-order valence-corrected chi connectivity index (χ0v) is 21.6. The zero-order chi connectivity index (χ0) is 23.8. The molecular weight excluding hydrogens is 479 g/mol. The number of unbranched alkanes of at least 4 members (excludes halogenated alkanes) is 1. The fourth-order valence-electron chi connectivity index (χ4n) is 4.18. The van der Waals surface area contributed by atoms with Crippen molar-refractivity contribution in [2.75, 3.05) is 32.8 Å². The van der Waals surface area contributed by atoms with Gasteiger partial charge in [0.15, 0.2) is 0 Å². The van der Waals surface area contributed by atoms with Crippen molar-refractivity contribution in [1.82, 2.24) is 9.80 Å². The van der Waals surface area contributed by atoms with Crippen molar-refractivity contribution in [3.8, 4) is 0 Å². The summed E-state index contributed by atoms with van der Waals surface area (Å²) in [6.45, 7) is 6.39. The van der Waals surface area contributed by atoms with Gasteiger partial charge in [-0.05, 0) is 60.9 Å². The minimum atomic E-state index is -0.284. The van der Waals surface area contributed by atoms with Gasteiger partial charge in [-0.1, -0.05) is 42.6 Å². The summed E-state index contributed by atoms with van der Waals surface area (Å²) in [5.74, 6) is -0.0415. The molecule has 1 aliphatic rings. The Labute approximate surface area is 210 Å². The van der Waals surface area contributed by atoms with E-state index in [9.17, 15) is 9.59 Å². The standard InChI is InChI=1S/C25H32Cl2N2O3S/c1-3-5-7-23(30)28(12-6-14-32-4-2)17-24(31)29-13-10-22-20(11-15-33-22)25(29)19-9-8-18(26)16-21(19)27/h8-9,11,15-16,25H,3-7,10,12-14,17H2,1-2H3. The van der Waals surface area contributed by atoms with E-state index in [4.69, 9.17) is 27.9 Å². The molecule has 2 amide bonds. The van der Waals surface area contributed by atoms with Crippen molar-refractivity contribution in [2.45, 2.75) is 52.0 Å². The number of carbonyl (C=O) groups is 2. The second-order valence-corrected chi connectivity index (χ2v) is 10.0. The van der Waals surface area contributed by atoms with E-state index >= 15 is 0 Å². The van der Waals surface area contributed by atoms with E-state index in [-0.39, 0.29) is 24.4 Å². The quantitative estimate of drug-likeness (QED) is 0.349. The molecule has 1 aromatic heterocycles. The molecule has 0 bridgehead atoms. The fraction of sp³-hybridized carbons (Fsp3) is 0.520. The van der Waals surface area contributed by atoms with Crippen LogP contribution >= 0.6 is 34.5 Å². The van der Waals surface area contributed by atoms with Gasteiger partial charge >= 0.3 is 0 Å². The maximum absolute atomic E-state index is 13.6. The maximum Gasteiger partial charge on any atom is 0.242 e. The number of hydrogen-bond donors (Lipinski definition) is 0. The number of fused-ring (bicyclic) bond motifs is 1. The number of hydrogen-bond acceptors (Lipinski definition) is 4. The Morgan fingerprint density at radius 3 is 2.73 bits per heavy atom. The van der Waals surface area contributed by atoms with E-state index < -0.39 is 0 Å². The first kappa shape index (κ1) is 26.0. The molecule has 1 unspecified atom stereocenters. The van der Waals surface area contributed by atoms with Crippen LogP contribution in [0.3, 0.4) is 0 Å². The third-order valence-corrected chi connectivity index (χ3v) is 7.45. The molecule has 1 atom stereocenters. The summed E-state index contributed by atoms with van der Waals surface area (Å²) in [7, 11) is 0. The summed E-state index contributed by atoms with van der Waals surface area (Å²) < 4.78 is 5.44. The van der Waals surface area contributed by atoms with Crippen molar-refractivity contribution in [3.63, 3.8) is 0 Å². The average molecular weight is 512 g/mol. The molecule has 2 aromatic rings. The van der Waals surface area contributed by atoms with Gasteiger partial charge in [0.05, 0.1) is 12.6 Å². The zero-order valence-electron chi connectivity index (χ0n) is 19.3. The predicted molar refractivity (Wildman–Crippen MR) is 135 cm³/mol. The first-order valence-corrected chi connectivity index (χ1v) is 13.3. The van der Waals surface area contributed by atoms with Gasteiger partial charge in [0.1, 0.15) is 0 Å². The van der Waals surface area contributed by atoms with Crippen LogP contribution in [0.5, 0.6) is 0 Å². The van der Waals surface area contributed by atoms with Crippen LogP contribution in [0.15, 0.2) is 29.6 Å². The third kappa shape index (κ3) is 6.72. The van der Waals surface area contributed by atoms with Gasteiger partial charge in [-0.3, -0.25) is 9.59 Å². The van der Waals surface area contributed by atoms with Gasteiger partial charge in [-0.2, -0.15) is 0 Å². The fourth-order valence-corrected chi connectivity index (χ4v) is 5.59. The summed E-state index contributed by atoms with van der Waals surface area (Å²) in [6, 6.07) is 7.21. The number of amides is 2. The van der Waals surface area contributed by atoms with Crippen molar-refractivity contribution in [1.29, 1.82) is 0 Å². The number of thiophene rings is 1. The van der Waals surface area contributed by atoms with Crippen LogP contribution in [0.25, 0.3) is 0 Å². The summed E-state index contributed by atoms with van der Waals surface area (Å²) in [5, 5.41) is 3.16. The first-order chi connectivity index (χ1) is 16.0. The van der Waals surface area contributed by atoms with Gasteiger partial charge in [0.2, 0.25) is 11.8 Å². The molecular formula is C25H32Cl2N2O3S. The van der Waals surface area contributed by atoms with Crippen molar-refractivity contribution >= 4 is 46.4 Å². The molecule has 0 saturated carbocycles. The number of rotatable bonds is 11. The molecule has 0 aliphatic carbocycles. The molecule has 0 saturated heterocycles. The molecule has 33 heavy (non-hydrogen) atoms. The van der Waals surface area contributed by atoms with E-state index in [0.717, 1.165) is 30.4 Å². The lowest BCUT2D eigenvalue weighted by Crippen LogP contribution is -2.47. The minimum absolute atomic E-state index is 0.0241. The Morgan fingerprint density at radius 2 is 2.00 bits per heavy atom. The van der Waals surface area contributed by atoms with E-state index in [1.165, 1.54) is 4.88 Å². The molecule has 1 aliphatic heterocycles. The third-order valence-electron chi connectivity index (χ3n) is 5.89. The van der Waals surface area contributed by atoms with Crippen LogP contribution in [0, 0.1) is 0 Å². The van der Waals surface area contributed by atoms with Crippen molar-refractivity contribution in [3.05, 3.63) is 55.7 Å². The van der Waals surface area contributed by atoms with E-state index in [1.807, 2.05) is 17.9 Å². The van der Waals surface area contributed by atoms with Crippen LogP contribution < -0.4 is 0 Å². The number of nitrogens with zero attached hydrogens (tertiary/aromatic N) is 2. The maximum atomic E-state index is 13.6. The highest BCUT2D eigenvalue weighted by Crippen LogP contribution is 2.41. The Morgan fingerprint density at radius 1 is 1.18 bits per heavy atom. The van der Waals surface area contributed by atoms with Crippen LogP contribution in [0.1, 0.15) is 61.6 Å². The lowest BCUT2D eigenvalue weighted by molar-refractivity contribution is -0.142. The van der Waals surface area contributed by atoms with Crippen LogP contribution in [0.4, 0.5) is 0 Å². The van der Waals surface area contributed by atoms with Crippen molar-refractivity contribution in [2.24, 2.45) is 0 Å². The Kier molecular flexibility index (Phi) is 10.0. The first-order valence-electron chi connectivity index (χ1n) is 11.6. The number of benzene rings is 1. The van der Waals surface area contributed by atoms with E-state index in [2.05, 4.69) is 18.4 Å². The highest BCUT2D eigenvalue weighted by Gasteiger charge is 2.35. The average Bonchev–Trinajstić information content (AvgIpc) is 3.28. The normalized spacial score (nSPS) is 15.4. The number of halogens is 2. The van der Waals surface area contributed by atoms with Gasteiger partial charge < -0.3 is 14.5 Å². The molecule has 5 nitrogen and oxygen atoms in total. The highest BCUT2D eigenvalue weighted by atomic mass is 35.5. The van der Waals surface area contributed by atoms with Gasteiger partial charge in [0, 0.05) is 47.6 Å². The monoisotopic (exact) mass is 510 g/mol.